The van der Waals surface area contributed by atoms with E-state index in [9.17, 15) is 4.79 Å². The van der Waals surface area contributed by atoms with Gasteiger partial charge in [0.1, 0.15) is 0 Å². The number of ether oxygens (including phenoxy) is 1. The van der Waals surface area contributed by atoms with Crippen LogP contribution in [0, 0.1) is 0 Å². The number of methoxy groups -OCH3 is 1. The van der Waals surface area contributed by atoms with E-state index in [0.29, 0.717) is 27.9 Å². The molecule has 2 N–H and O–H groups in total. The molecule has 0 aromatic heterocycles. The molecule has 0 atom stereocenters. The van der Waals surface area contributed by atoms with E-state index in [-0.39, 0.29) is 5.91 Å². The first-order valence-electron chi connectivity index (χ1n) is 6.72. The van der Waals surface area contributed by atoms with Crippen LogP contribution in [-0.4, -0.2) is 19.6 Å². The van der Waals surface area contributed by atoms with Gasteiger partial charge >= 0.3 is 0 Å². The largest absolute Gasteiger partial charge is 0.494 e. The monoisotopic (exact) mass is 338 g/mol. The van der Waals surface area contributed by atoms with Crippen LogP contribution in [-0.2, 0) is 6.42 Å². The molecule has 0 bridgehead atoms. The van der Waals surface area contributed by atoms with Gasteiger partial charge in [-0.3, -0.25) is 10.2 Å². The van der Waals surface area contributed by atoms with Crippen molar-refractivity contribution >= 4 is 29.1 Å². The molecule has 22 heavy (non-hydrogen) atoms. The molecule has 2 aromatic rings. The van der Waals surface area contributed by atoms with E-state index in [1.165, 1.54) is 24.8 Å². The van der Waals surface area contributed by atoms with Gasteiger partial charge in [-0.25, -0.2) is 5.43 Å². The Hall–Kier alpha value is -1.75. The molecule has 0 spiro atoms. The van der Waals surface area contributed by atoms with Crippen molar-refractivity contribution < 1.29 is 9.53 Å². The molecule has 2 aromatic carbocycles. The molecule has 0 aliphatic carbocycles. The Labute approximate surface area is 139 Å². The molecular formula is C16H16Cl2N2O2. The van der Waals surface area contributed by atoms with Crippen molar-refractivity contribution in [3.05, 3.63) is 63.6 Å². The number of rotatable bonds is 6. The first-order chi connectivity index (χ1) is 10.6. The molecule has 116 valence electrons. The first-order valence-corrected chi connectivity index (χ1v) is 7.47. The average Bonchev–Trinajstić information content (AvgIpc) is 2.52. The number of hydrazine groups is 1. The van der Waals surface area contributed by atoms with Gasteiger partial charge in [0, 0.05) is 12.1 Å². The van der Waals surface area contributed by atoms with Crippen LogP contribution in [0.1, 0.15) is 15.9 Å². The van der Waals surface area contributed by atoms with Gasteiger partial charge < -0.3 is 4.74 Å². The predicted molar refractivity (Wildman–Crippen MR) is 88.6 cm³/mol. The molecule has 0 saturated carbocycles. The molecular weight excluding hydrogens is 323 g/mol. The van der Waals surface area contributed by atoms with Crippen molar-refractivity contribution in [3.63, 3.8) is 0 Å². The number of nitrogens with one attached hydrogen (secondary N) is 2. The van der Waals surface area contributed by atoms with E-state index in [2.05, 4.69) is 10.9 Å². The second kappa shape index (κ2) is 8.03. The summed E-state index contributed by atoms with van der Waals surface area (Å²) in [6, 6.07) is 13.0. The molecule has 0 heterocycles. The fourth-order valence-corrected chi connectivity index (χ4v) is 2.59. The Morgan fingerprint density at radius 2 is 1.77 bits per heavy atom. The van der Waals surface area contributed by atoms with Gasteiger partial charge in [0.05, 0.1) is 17.2 Å². The van der Waals surface area contributed by atoms with Crippen LogP contribution < -0.4 is 15.6 Å². The second-order valence-corrected chi connectivity index (χ2v) is 5.40. The van der Waals surface area contributed by atoms with Crippen LogP contribution in [0.5, 0.6) is 5.75 Å². The smallest absolute Gasteiger partial charge is 0.265 e. The lowest BCUT2D eigenvalue weighted by molar-refractivity contribution is 0.0933. The Balaban J connectivity index is 1.87. The molecule has 2 rings (SSSR count). The highest BCUT2D eigenvalue weighted by Gasteiger charge is 2.13. The van der Waals surface area contributed by atoms with Crippen LogP contribution >= 0.6 is 23.2 Å². The van der Waals surface area contributed by atoms with Crippen molar-refractivity contribution in [2.45, 2.75) is 6.42 Å². The van der Waals surface area contributed by atoms with Crippen molar-refractivity contribution in [1.29, 1.82) is 0 Å². The molecule has 6 heteroatoms. The summed E-state index contributed by atoms with van der Waals surface area (Å²) in [6.07, 6.45) is 0.811. The Kier molecular flexibility index (Phi) is 6.07. The minimum absolute atomic E-state index is 0.296. The molecule has 0 fully saturated rings. The SMILES string of the molecule is COc1c(Cl)cc(C(=O)NNCCc2ccccc2)cc1Cl. The molecule has 0 radical (unpaired) electrons. The lowest BCUT2D eigenvalue weighted by Gasteiger charge is -2.10. The standard InChI is InChI=1S/C16H16Cl2N2O2/c1-22-15-13(17)9-12(10-14(15)18)16(21)20-19-8-7-11-5-3-2-4-6-11/h2-6,9-10,19H,7-8H2,1H3,(H,20,21). The van der Waals surface area contributed by atoms with Crippen LogP contribution in [0.3, 0.4) is 0 Å². The normalized spacial score (nSPS) is 10.3. The van der Waals surface area contributed by atoms with Gasteiger partial charge in [-0.15, -0.1) is 0 Å². The first kappa shape index (κ1) is 16.6. The maximum absolute atomic E-state index is 12.0. The summed E-state index contributed by atoms with van der Waals surface area (Å²) in [6.45, 7) is 0.618. The van der Waals surface area contributed by atoms with E-state index in [1.54, 1.807) is 0 Å². The Morgan fingerprint density at radius 3 is 2.36 bits per heavy atom. The number of hydrogen-bond acceptors (Lipinski definition) is 3. The van der Waals surface area contributed by atoms with Crippen molar-refractivity contribution in [1.82, 2.24) is 10.9 Å². The highest BCUT2D eigenvalue weighted by atomic mass is 35.5. The number of benzene rings is 2. The fraction of sp³-hybridized carbons (Fsp3) is 0.188. The maximum atomic E-state index is 12.0. The lowest BCUT2D eigenvalue weighted by Crippen LogP contribution is -2.38. The van der Waals surface area contributed by atoms with E-state index in [1.807, 2.05) is 30.3 Å². The van der Waals surface area contributed by atoms with Gasteiger partial charge in [0.25, 0.3) is 5.91 Å². The van der Waals surface area contributed by atoms with Crippen LogP contribution in [0.15, 0.2) is 42.5 Å². The molecule has 0 aliphatic heterocycles. The van der Waals surface area contributed by atoms with Crippen molar-refractivity contribution in [2.24, 2.45) is 0 Å². The second-order valence-electron chi connectivity index (χ2n) is 4.59. The fourth-order valence-electron chi connectivity index (χ4n) is 1.95. The summed E-state index contributed by atoms with van der Waals surface area (Å²) >= 11 is 12.0. The minimum Gasteiger partial charge on any atom is -0.494 e. The van der Waals surface area contributed by atoms with Gasteiger partial charge in [0.15, 0.2) is 5.75 Å². The maximum Gasteiger partial charge on any atom is 0.265 e. The third kappa shape index (κ3) is 4.37. The third-order valence-corrected chi connectivity index (χ3v) is 3.61. The molecule has 0 unspecified atom stereocenters. The number of carbonyl (C=O) groups is 1. The molecule has 0 saturated heterocycles. The van der Waals surface area contributed by atoms with Gasteiger partial charge in [-0.05, 0) is 24.1 Å². The number of carbonyl (C=O) groups excluding carboxylic acids is 1. The van der Waals surface area contributed by atoms with Gasteiger partial charge in [-0.2, -0.15) is 0 Å². The van der Waals surface area contributed by atoms with E-state index in [0.717, 1.165) is 6.42 Å². The Morgan fingerprint density at radius 1 is 1.14 bits per heavy atom. The molecule has 4 nitrogen and oxygen atoms in total. The molecule has 1 amide bonds. The zero-order valence-electron chi connectivity index (χ0n) is 12.0. The summed E-state index contributed by atoms with van der Waals surface area (Å²) in [5.74, 6) is 0.0523. The number of halogens is 2. The predicted octanol–water partition coefficient (Wildman–Crippen LogP) is 3.48. The van der Waals surface area contributed by atoms with Gasteiger partial charge in [0.2, 0.25) is 0 Å². The minimum atomic E-state index is -0.306. The summed E-state index contributed by atoms with van der Waals surface area (Å²) in [7, 11) is 1.47. The van der Waals surface area contributed by atoms with E-state index >= 15 is 0 Å². The highest BCUT2D eigenvalue weighted by molar-refractivity contribution is 6.37. The lowest BCUT2D eigenvalue weighted by atomic mass is 10.2. The summed E-state index contributed by atoms with van der Waals surface area (Å²) < 4.78 is 5.05. The molecule has 0 aliphatic rings. The number of hydrogen-bond donors (Lipinski definition) is 2. The van der Waals surface area contributed by atoms with Gasteiger partial charge in [-0.1, -0.05) is 53.5 Å². The average molecular weight is 339 g/mol. The van der Waals surface area contributed by atoms with Crippen LogP contribution in [0.4, 0.5) is 0 Å². The topological polar surface area (TPSA) is 50.4 Å². The van der Waals surface area contributed by atoms with Crippen LogP contribution in [0.2, 0.25) is 10.0 Å². The number of amides is 1. The van der Waals surface area contributed by atoms with E-state index in [4.69, 9.17) is 27.9 Å². The quantitative estimate of drug-likeness (QED) is 0.626. The highest BCUT2D eigenvalue weighted by Crippen LogP contribution is 2.33. The third-order valence-electron chi connectivity index (χ3n) is 3.05. The van der Waals surface area contributed by atoms with Crippen LogP contribution in [0.25, 0.3) is 0 Å². The van der Waals surface area contributed by atoms with E-state index < -0.39 is 0 Å². The zero-order chi connectivity index (χ0) is 15.9. The summed E-state index contributed by atoms with van der Waals surface area (Å²) in [5, 5.41) is 0.592. The summed E-state index contributed by atoms with van der Waals surface area (Å²) in [4.78, 5) is 12.0. The summed E-state index contributed by atoms with van der Waals surface area (Å²) in [5.41, 5.74) is 7.05. The Bertz CT molecular complexity index is 625. The zero-order valence-corrected chi connectivity index (χ0v) is 13.5. The van der Waals surface area contributed by atoms with Crippen molar-refractivity contribution in [2.75, 3.05) is 13.7 Å². The van der Waals surface area contributed by atoms with Crippen molar-refractivity contribution in [3.8, 4) is 5.75 Å².